The van der Waals surface area contributed by atoms with E-state index in [1.807, 2.05) is 7.05 Å². The summed E-state index contributed by atoms with van der Waals surface area (Å²) in [6.07, 6.45) is -3.33. The maximum absolute atomic E-state index is 13.1. The lowest BCUT2D eigenvalue weighted by atomic mass is 9.90. The highest BCUT2D eigenvalue weighted by Crippen LogP contribution is 2.38. The van der Waals surface area contributed by atoms with E-state index in [0.717, 1.165) is 38.1 Å². The monoisotopic (exact) mass is 425 g/mol. The maximum atomic E-state index is 13.1. The molecule has 1 aromatic heterocycles. The minimum Gasteiger partial charge on any atom is -0.467 e. The molecule has 9 heteroatoms. The normalized spacial score (nSPS) is 19.0. The van der Waals surface area contributed by atoms with Crippen molar-refractivity contribution < 1.29 is 27.8 Å². The van der Waals surface area contributed by atoms with Gasteiger partial charge in [-0.3, -0.25) is 0 Å². The summed E-state index contributed by atoms with van der Waals surface area (Å²) in [5.41, 5.74) is 1.10. The third-order valence-corrected chi connectivity index (χ3v) is 5.31. The Morgan fingerprint density at radius 2 is 2.03 bits per heavy atom. The quantitative estimate of drug-likeness (QED) is 0.710. The van der Waals surface area contributed by atoms with Crippen molar-refractivity contribution in [1.82, 2.24) is 15.1 Å². The molecule has 2 atom stereocenters. The molecule has 1 N–H and O–H groups in total. The van der Waals surface area contributed by atoms with Crippen LogP contribution >= 0.6 is 0 Å². The minimum absolute atomic E-state index is 0.00581. The summed E-state index contributed by atoms with van der Waals surface area (Å²) < 4.78 is 49.5. The molecule has 1 saturated heterocycles. The van der Waals surface area contributed by atoms with Gasteiger partial charge in [0.15, 0.2) is 6.79 Å². The molecule has 0 spiro atoms. The number of aryl methyl sites for hydroxylation is 1. The zero-order chi connectivity index (χ0) is 21.9. The molecule has 2 aromatic rings. The van der Waals surface area contributed by atoms with Gasteiger partial charge < -0.3 is 19.5 Å². The summed E-state index contributed by atoms with van der Waals surface area (Å²) >= 11 is 0. The average Bonchev–Trinajstić information content (AvgIpc) is 2.71. The minimum atomic E-state index is -4.49. The molecule has 6 nitrogen and oxygen atoms in total. The van der Waals surface area contributed by atoms with Crippen molar-refractivity contribution in [3.8, 4) is 17.0 Å². The van der Waals surface area contributed by atoms with E-state index in [4.69, 9.17) is 9.47 Å². The third-order valence-electron chi connectivity index (χ3n) is 5.31. The molecule has 164 valence electrons. The first-order valence-electron chi connectivity index (χ1n) is 9.75. The van der Waals surface area contributed by atoms with Crippen LogP contribution in [0.4, 0.5) is 13.2 Å². The van der Waals surface area contributed by atoms with Gasteiger partial charge in [0.1, 0.15) is 11.9 Å². The number of alkyl halides is 3. The molecule has 1 aromatic carbocycles. The number of methoxy groups -OCH3 is 1. The Kier molecular flexibility index (Phi) is 6.95. The van der Waals surface area contributed by atoms with E-state index in [0.29, 0.717) is 22.5 Å². The lowest BCUT2D eigenvalue weighted by Gasteiger charge is -2.32. The number of aromatic nitrogens is 2. The number of benzene rings is 1. The zero-order valence-electron chi connectivity index (χ0n) is 17.2. The zero-order valence-corrected chi connectivity index (χ0v) is 17.2. The highest BCUT2D eigenvalue weighted by Gasteiger charge is 2.32. The fourth-order valence-electron chi connectivity index (χ4n) is 3.76. The fourth-order valence-corrected chi connectivity index (χ4v) is 3.76. The Hall–Kier alpha value is -2.23. The van der Waals surface area contributed by atoms with Gasteiger partial charge in [0.05, 0.1) is 17.0 Å². The average molecular weight is 425 g/mol. The number of nitrogens with zero attached hydrogens (tertiary/aromatic N) is 3. The van der Waals surface area contributed by atoms with E-state index in [1.54, 1.807) is 13.0 Å². The van der Waals surface area contributed by atoms with Gasteiger partial charge in [-0.15, -0.1) is 5.10 Å². The smallest absolute Gasteiger partial charge is 0.416 e. The van der Waals surface area contributed by atoms with Gasteiger partial charge in [0.2, 0.25) is 0 Å². The molecule has 1 aliphatic heterocycles. The summed E-state index contributed by atoms with van der Waals surface area (Å²) in [5, 5.41) is 19.1. The topological polar surface area (TPSA) is 67.7 Å². The second-order valence-corrected chi connectivity index (χ2v) is 7.67. The van der Waals surface area contributed by atoms with Crippen LogP contribution < -0.4 is 4.74 Å². The van der Waals surface area contributed by atoms with Crippen LogP contribution in [-0.4, -0.2) is 54.2 Å². The van der Waals surface area contributed by atoms with Gasteiger partial charge in [-0.1, -0.05) is 0 Å². The molecule has 0 bridgehead atoms. The predicted octanol–water partition coefficient (Wildman–Crippen LogP) is 3.83. The lowest BCUT2D eigenvalue weighted by Crippen LogP contribution is -2.35. The second-order valence-electron chi connectivity index (χ2n) is 7.67. The number of aliphatic hydroxyl groups excluding tert-OH is 1. The molecule has 2 heterocycles. The third kappa shape index (κ3) is 5.08. The fraction of sp³-hybridized carbons (Fsp3) is 0.524. The Morgan fingerprint density at radius 3 is 2.67 bits per heavy atom. The summed E-state index contributed by atoms with van der Waals surface area (Å²) in [6, 6.07) is 4.96. The first-order valence-corrected chi connectivity index (χ1v) is 9.75. The van der Waals surface area contributed by atoms with Crippen molar-refractivity contribution in [2.75, 3.05) is 34.0 Å². The SMILES string of the molecule is COCOc1cc(C(F)(F)F)ccc1-c1nnc(C(O)C2CCCN(C)C2)cc1C. The van der Waals surface area contributed by atoms with Crippen molar-refractivity contribution in [1.29, 1.82) is 0 Å². The molecular formula is C21H26F3N3O3. The van der Waals surface area contributed by atoms with Crippen molar-refractivity contribution in [3.63, 3.8) is 0 Å². The van der Waals surface area contributed by atoms with Crippen LogP contribution in [-0.2, 0) is 10.9 Å². The van der Waals surface area contributed by atoms with Gasteiger partial charge in [-0.05, 0) is 63.2 Å². The molecule has 2 unspecified atom stereocenters. The number of halogens is 3. The Balaban J connectivity index is 1.92. The summed E-state index contributed by atoms with van der Waals surface area (Å²) in [7, 11) is 3.41. The van der Waals surface area contributed by atoms with Gasteiger partial charge >= 0.3 is 6.18 Å². The second kappa shape index (κ2) is 9.28. The summed E-state index contributed by atoms with van der Waals surface area (Å²) in [6.45, 7) is 3.36. The first-order chi connectivity index (χ1) is 14.2. The molecule has 3 rings (SSSR count). The Morgan fingerprint density at radius 1 is 1.27 bits per heavy atom. The first kappa shape index (κ1) is 22.5. The number of likely N-dealkylation sites (tertiary alicyclic amines) is 1. The summed E-state index contributed by atoms with van der Waals surface area (Å²) in [4.78, 5) is 2.17. The molecule has 0 saturated carbocycles. The van der Waals surface area contributed by atoms with E-state index >= 15 is 0 Å². The van der Waals surface area contributed by atoms with Crippen LogP contribution in [0.15, 0.2) is 24.3 Å². The Labute approximate surface area is 173 Å². The van der Waals surface area contributed by atoms with Crippen LogP contribution in [0.1, 0.15) is 35.8 Å². The van der Waals surface area contributed by atoms with Crippen LogP contribution in [0, 0.1) is 12.8 Å². The van der Waals surface area contributed by atoms with Gasteiger partial charge in [-0.25, -0.2) is 0 Å². The highest BCUT2D eigenvalue weighted by atomic mass is 19.4. The van der Waals surface area contributed by atoms with Crippen molar-refractivity contribution in [3.05, 3.63) is 41.1 Å². The molecule has 1 fully saturated rings. The lowest BCUT2D eigenvalue weighted by molar-refractivity contribution is -0.137. The number of ether oxygens (including phenoxy) is 2. The van der Waals surface area contributed by atoms with Crippen molar-refractivity contribution >= 4 is 0 Å². The van der Waals surface area contributed by atoms with E-state index in [-0.39, 0.29) is 18.5 Å². The largest absolute Gasteiger partial charge is 0.467 e. The van der Waals surface area contributed by atoms with Gasteiger partial charge in [0.25, 0.3) is 0 Å². The maximum Gasteiger partial charge on any atom is 0.416 e. The standard InChI is InChI=1S/C21H26F3N3O3/c1-13-9-17(20(28)14-5-4-8-27(2)11-14)25-26-19(13)16-7-6-15(21(22,23)24)10-18(16)30-12-29-3/h6-7,9-10,14,20,28H,4-5,8,11-12H2,1-3H3. The molecular weight excluding hydrogens is 399 g/mol. The molecule has 0 aliphatic carbocycles. The van der Waals surface area contributed by atoms with Crippen molar-refractivity contribution in [2.24, 2.45) is 5.92 Å². The highest BCUT2D eigenvalue weighted by molar-refractivity contribution is 5.70. The van der Waals surface area contributed by atoms with Crippen LogP contribution in [0.3, 0.4) is 0 Å². The number of hydrogen-bond acceptors (Lipinski definition) is 6. The van der Waals surface area contributed by atoms with E-state index in [2.05, 4.69) is 15.1 Å². The number of aliphatic hydroxyl groups is 1. The number of hydrogen-bond donors (Lipinski definition) is 1. The molecule has 0 amide bonds. The molecule has 1 aliphatic rings. The van der Waals surface area contributed by atoms with Crippen LogP contribution in [0.25, 0.3) is 11.3 Å². The van der Waals surface area contributed by atoms with E-state index < -0.39 is 17.8 Å². The van der Waals surface area contributed by atoms with Gasteiger partial charge in [0, 0.05) is 25.1 Å². The predicted molar refractivity (Wildman–Crippen MR) is 105 cm³/mol. The van der Waals surface area contributed by atoms with Crippen LogP contribution in [0.2, 0.25) is 0 Å². The van der Waals surface area contributed by atoms with Crippen molar-refractivity contribution in [2.45, 2.75) is 32.0 Å². The number of rotatable bonds is 6. The Bertz CT molecular complexity index is 876. The molecule has 0 radical (unpaired) electrons. The van der Waals surface area contributed by atoms with Crippen LogP contribution in [0.5, 0.6) is 5.75 Å². The summed E-state index contributed by atoms with van der Waals surface area (Å²) in [5.74, 6) is 0.0706. The molecule has 30 heavy (non-hydrogen) atoms. The van der Waals surface area contributed by atoms with E-state index in [1.165, 1.54) is 13.2 Å². The van der Waals surface area contributed by atoms with E-state index in [9.17, 15) is 18.3 Å². The number of piperidine rings is 1. The van der Waals surface area contributed by atoms with Gasteiger partial charge in [-0.2, -0.15) is 18.3 Å².